The van der Waals surface area contributed by atoms with Gasteiger partial charge in [-0.3, -0.25) is 10.1 Å². The number of nitrogens with one attached hydrogen (secondary N) is 2. The van der Waals surface area contributed by atoms with Crippen LogP contribution in [0.1, 0.15) is 5.56 Å². The first kappa shape index (κ1) is 25.1. The molecule has 1 amide bonds. The smallest absolute Gasteiger partial charge is 0.417 e. The summed E-state index contributed by atoms with van der Waals surface area (Å²) < 4.78 is 11.1. The maximum Gasteiger partial charge on any atom is 0.417 e. The number of likely N-dealkylation sites (N-methyl/N-ethyl adjacent to an activating group) is 2. The summed E-state index contributed by atoms with van der Waals surface area (Å²) in [5, 5.41) is 2.76. The predicted octanol–water partition coefficient (Wildman–Crippen LogP) is 3.43. The molecule has 3 aromatic rings. The van der Waals surface area contributed by atoms with E-state index in [1.807, 2.05) is 42.3 Å². The molecule has 2 N–H and O–H groups in total. The Morgan fingerprint density at radius 1 is 1.08 bits per heavy atom. The van der Waals surface area contributed by atoms with Crippen LogP contribution < -0.4 is 30.1 Å². The summed E-state index contributed by atoms with van der Waals surface area (Å²) in [4.78, 5) is 34.4. The van der Waals surface area contributed by atoms with Crippen molar-refractivity contribution in [3.05, 3.63) is 76.7 Å². The highest BCUT2D eigenvalue weighted by molar-refractivity contribution is 5.88. The summed E-state index contributed by atoms with van der Waals surface area (Å²) >= 11 is 0. The maximum atomic E-state index is 12.8. The van der Waals surface area contributed by atoms with Crippen molar-refractivity contribution in [2.24, 2.45) is 0 Å². The molecule has 1 saturated heterocycles. The molecule has 1 aliphatic rings. The molecule has 1 aliphatic heterocycles. The van der Waals surface area contributed by atoms with Crippen molar-refractivity contribution in [1.82, 2.24) is 9.88 Å². The van der Waals surface area contributed by atoms with Crippen molar-refractivity contribution in [3.8, 4) is 11.5 Å². The SMILES string of the molecule is COc1ccc(NC(=O)Oc2c(N(C)CCc3ccccc3)cc[nH]c2=O)cc1N1CCN(C)CC1. The molecular weight excluding hydrogens is 458 g/mol. The number of carbonyl (C=O) groups is 1. The van der Waals surface area contributed by atoms with Gasteiger partial charge in [0, 0.05) is 51.7 Å². The van der Waals surface area contributed by atoms with Gasteiger partial charge in [0.1, 0.15) is 5.75 Å². The summed E-state index contributed by atoms with van der Waals surface area (Å²) in [6, 6.07) is 17.3. The number of nitrogens with zero attached hydrogens (tertiary/aromatic N) is 3. The Morgan fingerprint density at radius 3 is 2.56 bits per heavy atom. The molecule has 9 heteroatoms. The first-order chi connectivity index (χ1) is 17.4. The molecule has 2 aromatic carbocycles. The Morgan fingerprint density at radius 2 is 1.83 bits per heavy atom. The third-order valence-corrected chi connectivity index (χ3v) is 6.35. The number of piperazine rings is 1. The van der Waals surface area contributed by atoms with Gasteiger partial charge in [0.15, 0.2) is 0 Å². The minimum absolute atomic E-state index is 0.0432. The minimum atomic E-state index is -0.737. The molecule has 0 spiro atoms. The van der Waals surface area contributed by atoms with Crippen molar-refractivity contribution in [3.63, 3.8) is 0 Å². The quantitative estimate of drug-likeness (QED) is 0.499. The lowest BCUT2D eigenvalue weighted by atomic mass is 10.1. The van der Waals surface area contributed by atoms with E-state index in [1.54, 1.807) is 25.4 Å². The summed E-state index contributed by atoms with van der Waals surface area (Å²) in [6.45, 7) is 4.26. The summed E-state index contributed by atoms with van der Waals surface area (Å²) in [5.74, 6) is 0.693. The lowest BCUT2D eigenvalue weighted by molar-refractivity contribution is 0.214. The summed E-state index contributed by atoms with van der Waals surface area (Å²) in [7, 11) is 5.60. The number of aromatic nitrogens is 1. The molecule has 0 bridgehead atoms. The molecule has 0 unspecified atom stereocenters. The highest BCUT2D eigenvalue weighted by Gasteiger charge is 2.20. The third kappa shape index (κ3) is 6.17. The highest BCUT2D eigenvalue weighted by atomic mass is 16.6. The van der Waals surface area contributed by atoms with Gasteiger partial charge in [0.05, 0.1) is 18.5 Å². The van der Waals surface area contributed by atoms with Gasteiger partial charge in [-0.05, 0) is 43.3 Å². The number of hydrogen-bond acceptors (Lipinski definition) is 7. The monoisotopic (exact) mass is 491 g/mol. The number of benzene rings is 2. The number of methoxy groups -OCH3 is 1. The van der Waals surface area contributed by atoms with E-state index in [-0.39, 0.29) is 5.75 Å². The number of aromatic amines is 1. The fraction of sp³-hybridized carbons (Fsp3) is 0.333. The van der Waals surface area contributed by atoms with Crippen molar-refractivity contribution < 1.29 is 14.3 Å². The molecule has 0 radical (unpaired) electrons. The van der Waals surface area contributed by atoms with Crippen molar-refractivity contribution in [2.75, 3.05) is 69.0 Å². The first-order valence-electron chi connectivity index (χ1n) is 12.0. The third-order valence-electron chi connectivity index (χ3n) is 6.35. The molecule has 36 heavy (non-hydrogen) atoms. The van der Waals surface area contributed by atoms with Crippen LogP contribution in [0.2, 0.25) is 0 Å². The second-order valence-corrected chi connectivity index (χ2v) is 8.87. The highest BCUT2D eigenvalue weighted by Crippen LogP contribution is 2.32. The van der Waals surface area contributed by atoms with E-state index in [1.165, 1.54) is 5.56 Å². The predicted molar refractivity (Wildman–Crippen MR) is 143 cm³/mol. The fourth-order valence-electron chi connectivity index (χ4n) is 4.21. The van der Waals surface area contributed by atoms with Crippen LogP contribution in [0.3, 0.4) is 0 Å². The Bertz CT molecular complexity index is 1220. The first-order valence-corrected chi connectivity index (χ1v) is 12.0. The Kier molecular flexibility index (Phi) is 8.12. The fourth-order valence-corrected chi connectivity index (χ4v) is 4.21. The van der Waals surface area contributed by atoms with Crippen molar-refractivity contribution in [1.29, 1.82) is 0 Å². The van der Waals surface area contributed by atoms with Gasteiger partial charge < -0.3 is 29.2 Å². The van der Waals surface area contributed by atoms with Gasteiger partial charge in [-0.15, -0.1) is 0 Å². The maximum absolute atomic E-state index is 12.8. The number of amides is 1. The van der Waals surface area contributed by atoms with Crippen LogP contribution in [0.5, 0.6) is 11.5 Å². The van der Waals surface area contributed by atoms with Crippen LogP contribution in [-0.2, 0) is 6.42 Å². The average molecular weight is 492 g/mol. The van der Waals surface area contributed by atoms with E-state index in [0.29, 0.717) is 17.9 Å². The normalized spacial score (nSPS) is 13.8. The molecule has 4 rings (SSSR count). The number of carbonyl (C=O) groups excluding carboxylic acids is 1. The summed E-state index contributed by atoms with van der Waals surface area (Å²) in [6.07, 6.45) is 1.60. The van der Waals surface area contributed by atoms with Gasteiger partial charge in [-0.2, -0.15) is 0 Å². The van der Waals surface area contributed by atoms with E-state index < -0.39 is 11.7 Å². The Balaban J connectivity index is 1.46. The minimum Gasteiger partial charge on any atom is -0.495 e. The zero-order valence-electron chi connectivity index (χ0n) is 21.0. The number of pyridine rings is 1. The van der Waals surface area contributed by atoms with Crippen LogP contribution in [0.4, 0.5) is 21.9 Å². The van der Waals surface area contributed by atoms with Gasteiger partial charge in [0.2, 0.25) is 5.75 Å². The van der Waals surface area contributed by atoms with Gasteiger partial charge >= 0.3 is 6.09 Å². The molecule has 1 aromatic heterocycles. The largest absolute Gasteiger partial charge is 0.495 e. The molecule has 2 heterocycles. The van der Waals surface area contributed by atoms with E-state index in [0.717, 1.165) is 44.0 Å². The topological polar surface area (TPSA) is 90.1 Å². The van der Waals surface area contributed by atoms with E-state index in [4.69, 9.17) is 9.47 Å². The molecule has 1 fully saturated rings. The number of ether oxygens (including phenoxy) is 2. The number of anilines is 3. The number of rotatable bonds is 8. The Hall–Kier alpha value is -3.98. The van der Waals surface area contributed by atoms with E-state index in [2.05, 4.69) is 39.3 Å². The standard InChI is InChI=1S/C27H33N5O4/c1-30-15-17-32(18-16-30)23-19-21(9-10-24(23)35-3)29-27(34)36-25-22(11-13-28-26(25)33)31(2)14-12-20-7-5-4-6-8-20/h4-11,13,19H,12,14-18H2,1-3H3,(H,28,33)(H,29,34). The van der Waals surface area contributed by atoms with Crippen LogP contribution in [-0.4, -0.2) is 69.9 Å². The van der Waals surface area contributed by atoms with Gasteiger partial charge in [0.25, 0.3) is 5.56 Å². The van der Waals surface area contributed by atoms with Crippen molar-refractivity contribution >= 4 is 23.2 Å². The van der Waals surface area contributed by atoms with Crippen molar-refractivity contribution in [2.45, 2.75) is 6.42 Å². The Labute approximate surface area is 211 Å². The van der Waals surface area contributed by atoms with Crippen LogP contribution in [0.25, 0.3) is 0 Å². The molecule has 9 nitrogen and oxygen atoms in total. The molecule has 0 aliphatic carbocycles. The van der Waals surface area contributed by atoms with Crippen LogP contribution >= 0.6 is 0 Å². The second-order valence-electron chi connectivity index (χ2n) is 8.87. The van der Waals surface area contributed by atoms with Crippen LogP contribution in [0.15, 0.2) is 65.6 Å². The summed E-state index contributed by atoms with van der Waals surface area (Å²) in [5.41, 5.74) is 2.72. The van der Waals surface area contributed by atoms with Crippen LogP contribution in [0, 0.1) is 0 Å². The molecule has 0 atom stereocenters. The lowest BCUT2D eigenvalue weighted by Gasteiger charge is -2.34. The van der Waals surface area contributed by atoms with E-state index in [9.17, 15) is 9.59 Å². The zero-order chi connectivity index (χ0) is 25.5. The molecular formula is C27H33N5O4. The zero-order valence-corrected chi connectivity index (χ0v) is 21.0. The van der Waals surface area contributed by atoms with Gasteiger partial charge in [-0.1, -0.05) is 30.3 Å². The lowest BCUT2D eigenvalue weighted by Crippen LogP contribution is -2.44. The van der Waals surface area contributed by atoms with Gasteiger partial charge in [-0.25, -0.2) is 4.79 Å². The number of hydrogen-bond donors (Lipinski definition) is 2. The molecule has 0 saturated carbocycles. The molecule has 190 valence electrons. The van der Waals surface area contributed by atoms with E-state index >= 15 is 0 Å². The average Bonchev–Trinajstić information content (AvgIpc) is 2.89. The number of H-pyrrole nitrogens is 1. The second kappa shape index (κ2) is 11.6.